The molecule has 6 aromatic rings. The number of anilines is 3. The number of fused-ring (bicyclic) bond motifs is 7. The number of aliphatic imine (C=N–C) groups is 1. The van der Waals surface area contributed by atoms with Crippen LogP contribution in [0.1, 0.15) is 107 Å². The van der Waals surface area contributed by atoms with Crippen molar-refractivity contribution in [2.45, 2.75) is 96.6 Å². The molecule has 2 atom stereocenters. The molecular weight excluding hydrogens is 882 g/mol. The van der Waals surface area contributed by atoms with E-state index in [0.29, 0.717) is 17.4 Å². The van der Waals surface area contributed by atoms with Gasteiger partial charge in [-0.25, -0.2) is 4.98 Å². The first-order valence-electron chi connectivity index (χ1n) is 19.8. The molecule has 1 aromatic heterocycles. The molecule has 0 fully saturated rings. The van der Waals surface area contributed by atoms with Crippen LogP contribution in [-0.2, 0) is 48.7 Å². The summed E-state index contributed by atoms with van der Waals surface area (Å²) in [5, 5.41) is 0. The van der Waals surface area contributed by atoms with Crippen LogP contribution in [-0.4, -0.2) is 16.4 Å². The minimum absolute atomic E-state index is 0. The van der Waals surface area contributed by atoms with Gasteiger partial charge in [0.1, 0.15) is 17.3 Å². The van der Waals surface area contributed by atoms with Crippen molar-refractivity contribution in [1.82, 2.24) is 4.98 Å². The van der Waals surface area contributed by atoms with E-state index in [1.54, 1.807) is 0 Å². The minimum atomic E-state index is -0.697. The molecule has 3 heterocycles. The van der Waals surface area contributed by atoms with Crippen molar-refractivity contribution in [3.63, 3.8) is 0 Å². The molecular formula is C51H49N3O2Pt. The zero-order chi connectivity index (χ0) is 39.2. The van der Waals surface area contributed by atoms with Crippen molar-refractivity contribution in [2.24, 2.45) is 4.99 Å². The van der Waals surface area contributed by atoms with Gasteiger partial charge in [-0.2, -0.15) is 6.07 Å². The Hall–Kier alpha value is -4.99. The molecule has 0 spiro atoms. The summed E-state index contributed by atoms with van der Waals surface area (Å²) < 4.78 is 13.9. The van der Waals surface area contributed by atoms with E-state index in [0.717, 1.165) is 45.9 Å². The monoisotopic (exact) mass is 930 g/mol. The van der Waals surface area contributed by atoms with Gasteiger partial charge in [-0.15, -0.1) is 29.3 Å². The van der Waals surface area contributed by atoms with Gasteiger partial charge in [0.15, 0.2) is 0 Å². The first-order valence-corrected chi connectivity index (χ1v) is 19.8. The summed E-state index contributed by atoms with van der Waals surface area (Å²) in [6, 6.07) is 46.0. The molecule has 9 rings (SSSR count). The summed E-state index contributed by atoms with van der Waals surface area (Å²) in [6.07, 6.45) is 2.66. The van der Waals surface area contributed by atoms with Crippen LogP contribution in [0.2, 0.25) is 0 Å². The molecule has 0 radical (unpaired) electrons. The largest absolute Gasteiger partial charge is 2.00 e. The van der Waals surface area contributed by atoms with Gasteiger partial charge in [-0.05, 0) is 76.6 Å². The molecule has 5 aromatic carbocycles. The Morgan fingerprint density at radius 1 is 0.754 bits per heavy atom. The fourth-order valence-corrected chi connectivity index (χ4v) is 8.87. The summed E-state index contributed by atoms with van der Waals surface area (Å²) >= 11 is 0. The number of para-hydroxylation sites is 1. The molecule has 290 valence electrons. The third-order valence-electron chi connectivity index (χ3n) is 12.4. The van der Waals surface area contributed by atoms with Crippen molar-refractivity contribution in [1.29, 1.82) is 0 Å². The van der Waals surface area contributed by atoms with E-state index in [1.165, 1.54) is 27.8 Å². The van der Waals surface area contributed by atoms with Crippen molar-refractivity contribution in [2.75, 3.05) is 4.90 Å². The zero-order valence-electron chi connectivity index (χ0n) is 34.2. The van der Waals surface area contributed by atoms with Crippen LogP contribution in [0.3, 0.4) is 0 Å². The van der Waals surface area contributed by atoms with E-state index in [-0.39, 0.29) is 37.8 Å². The van der Waals surface area contributed by atoms with E-state index in [4.69, 9.17) is 19.5 Å². The van der Waals surface area contributed by atoms with Crippen LogP contribution >= 0.6 is 0 Å². The maximum Gasteiger partial charge on any atom is 2.00 e. The number of aromatic nitrogens is 1. The number of benzene rings is 5. The maximum atomic E-state index is 7.09. The quantitative estimate of drug-likeness (QED) is 0.162. The Kier molecular flexibility index (Phi) is 9.44. The summed E-state index contributed by atoms with van der Waals surface area (Å²) in [6.45, 7) is 20.1. The van der Waals surface area contributed by atoms with E-state index >= 15 is 0 Å². The van der Waals surface area contributed by atoms with E-state index in [9.17, 15) is 0 Å². The summed E-state index contributed by atoms with van der Waals surface area (Å²) in [4.78, 5) is 12.6. The maximum absolute atomic E-state index is 7.09. The normalized spacial score (nSPS) is 20.1. The number of ether oxygens (including phenoxy) is 2. The Morgan fingerprint density at radius 3 is 2.21 bits per heavy atom. The second-order valence-corrected chi connectivity index (χ2v) is 17.9. The van der Waals surface area contributed by atoms with Gasteiger partial charge in [0.25, 0.3) is 0 Å². The summed E-state index contributed by atoms with van der Waals surface area (Å²) in [5.74, 6) is 2.86. The molecule has 57 heavy (non-hydrogen) atoms. The molecule has 5 nitrogen and oxygen atoms in total. The average Bonchev–Trinajstić information content (AvgIpc) is 3.41. The number of pyridine rings is 1. The first-order chi connectivity index (χ1) is 26.7. The topological polar surface area (TPSA) is 47.0 Å². The first kappa shape index (κ1) is 38.9. The minimum Gasteiger partial charge on any atom is -0.508 e. The zero-order valence-corrected chi connectivity index (χ0v) is 36.5. The van der Waals surface area contributed by atoms with Gasteiger partial charge in [-0.1, -0.05) is 139 Å². The predicted molar refractivity (Wildman–Crippen MR) is 227 cm³/mol. The van der Waals surface area contributed by atoms with Crippen molar-refractivity contribution in [3.05, 3.63) is 166 Å². The van der Waals surface area contributed by atoms with Crippen LogP contribution in [0.4, 0.5) is 17.2 Å². The molecule has 2 aliphatic heterocycles. The van der Waals surface area contributed by atoms with Crippen molar-refractivity contribution >= 4 is 23.1 Å². The van der Waals surface area contributed by atoms with E-state index in [2.05, 4.69) is 182 Å². The molecule has 0 saturated carbocycles. The predicted octanol–water partition coefficient (Wildman–Crippen LogP) is 12.7. The third-order valence-corrected chi connectivity index (χ3v) is 12.4. The average molecular weight is 931 g/mol. The summed E-state index contributed by atoms with van der Waals surface area (Å²) in [7, 11) is 0. The van der Waals surface area contributed by atoms with E-state index < -0.39 is 11.1 Å². The Labute approximate surface area is 352 Å². The second kappa shape index (κ2) is 13.8. The number of hydrogen-bond acceptors (Lipinski definition) is 5. The Balaban J connectivity index is 0.00000455. The number of rotatable bonds is 5. The van der Waals surface area contributed by atoms with Crippen LogP contribution < -0.4 is 9.64 Å². The van der Waals surface area contributed by atoms with Crippen LogP contribution in [0.5, 0.6) is 11.5 Å². The molecule has 0 saturated heterocycles. The molecule has 0 unspecified atom stereocenters. The van der Waals surface area contributed by atoms with E-state index in [1.807, 2.05) is 12.3 Å². The third kappa shape index (κ3) is 6.34. The van der Waals surface area contributed by atoms with Gasteiger partial charge >= 0.3 is 21.1 Å². The summed E-state index contributed by atoms with van der Waals surface area (Å²) in [5.41, 5.74) is 10.8. The Morgan fingerprint density at radius 2 is 1.46 bits per heavy atom. The van der Waals surface area contributed by atoms with Gasteiger partial charge in [0.2, 0.25) is 0 Å². The smallest absolute Gasteiger partial charge is 0.508 e. The van der Waals surface area contributed by atoms with Crippen molar-refractivity contribution in [3.8, 4) is 22.6 Å². The van der Waals surface area contributed by atoms with Crippen LogP contribution in [0, 0.1) is 12.1 Å². The molecule has 3 aliphatic rings. The number of nitrogens with zero attached hydrogens (tertiary/aromatic N) is 3. The van der Waals surface area contributed by atoms with Crippen molar-refractivity contribution < 1.29 is 30.5 Å². The fourth-order valence-electron chi connectivity index (χ4n) is 8.87. The molecule has 1 aliphatic carbocycles. The van der Waals surface area contributed by atoms with Gasteiger partial charge < -0.3 is 14.4 Å². The molecule has 0 amide bonds. The van der Waals surface area contributed by atoms with Gasteiger partial charge in [0, 0.05) is 35.4 Å². The van der Waals surface area contributed by atoms with Gasteiger partial charge in [-0.3, -0.25) is 4.99 Å². The number of hydrogen-bond donors (Lipinski definition) is 0. The van der Waals surface area contributed by atoms with Gasteiger partial charge in [0.05, 0.1) is 5.54 Å². The standard InChI is InChI=1S/C51H49N3O2.Pt/c1-32(2)34-26-35(47-53-50(8)31-33-16-10-11-17-39(33)40-18-12-13-19-41(40)51(50,9)56-47)28-38(27-34)55-37-22-23-43-45(30-37)54(44-21-15-14-20-42(44)49(43,6)7)46-29-36(24-25-52-46)48(3,4)5;/h10-27,29,32H,31H2,1-9H3;/q-2;+2/t50-,51+;/m1./s1. The molecule has 6 heteroatoms. The fraction of sp³-hybridized carbons (Fsp3) is 0.294. The second-order valence-electron chi connectivity index (χ2n) is 17.9. The van der Waals surface area contributed by atoms with Crippen LogP contribution in [0.15, 0.2) is 120 Å². The Bertz CT molecular complexity index is 2570. The molecule has 0 N–H and O–H groups in total. The molecule has 0 bridgehead atoms. The van der Waals surface area contributed by atoms with Crippen LogP contribution in [0.25, 0.3) is 11.1 Å². The SMILES string of the molecule is CC(C)c1cc(Oc2[c-]c3c(cc2)C(C)(C)c2ccccc2N3c2cc(C(C)(C)C)ccn2)[c-]c(C2=N[C@]3(C)Cc4ccccc4-c4ccccc4[C@]3(C)O2)c1.[Pt+2].